The summed E-state index contributed by atoms with van der Waals surface area (Å²) in [4.78, 5) is 17.0. The summed E-state index contributed by atoms with van der Waals surface area (Å²) in [6, 6.07) is 3.69. The molecule has 2 aliphatic carbocycles. The molecule has 1 N–H and O–H groups in total. The van der Waals surface area contributed by atoms with Crippen LogP contribution in [-0.4, -0.2) is 10.9 Å². The molecule has 2 saturated carbocycles. The number of halogens is 1. The van der Waals surface area contributed by atoms with Crippen molar-refractivity contribution in [3.05, 3.63) is 35.0 Å². The minimum absolute atomic E-state index is 0.0606. The molecule has 1 heterocycles. The molecule has 1 aromatic rings. The number of nitrogens with one attached hydrogen (secondary N) is 1. The van der Waals surface area contributed by atoms with E-state index in [9.17, 15) is 4.79 Å². The maximum atomic E-state index is 12.8. The van der Waals surface area contributed by atoms with E-state index in [1.165, 1.54) is 0 Å². The summed E-state index contributed by atoms with van der Waals surface area (Å²) < 4.78 is 0.904. The summed E-state index contributed by atoms with van der Waals surface area (Å²) in [5, 5.41) is 2.97. The minimum atomic E-state index is -0.386. The fourth-order valence-corrected chi connectivity index (χ4v) is 4.06. The van der Waals surface area contributed by atoms with Crippen LogP contribution in [0.2, 0.25) is 0 Å². The van der Waals surface area contributed by atoms with Gasteiger partial charge in [-0.1, -0.05) is 26.0 Å². The Hall–Kier alpha value is -1.16. The molecule has 0 aliphatic heterocycles. The highest BCUT2D eigenvalue weighted by atomic mass is 79.9. The zero-order chi connectivity index (χ0) is 14.5. The van der Waals surface area contributed by atoms with Gasteiger partial charge in [-0.15, -0.1) is 0 Å². The van der Waals surface area contributed by atoms with Crippen LogP contribution >= 0.6 is 15.9 Å². The summed E-state index contributed by atoms with van der Waals surface area (Å²) in [5.41, 5.74) is 0.780. The molecule has 0 unspecified atom stereocenters. The summed E-state index contributed by atoms with van der Waals surface area (Å²) in [5.74, 6) is 1.25. The van der Waals surface area contributed by atoms with Crippen molar-refractivity contribution >= 4 is 27.7 Å². The number of aromatic nitrogens is 1. The largest absolute Gasteiger partial charge is 0.310 e. The molecule has 0 aromatic carbocycles. The average molecular weight is 335 g/mol. The van der Waals surface area contributed by atoms with Gasteiger partial charge in [0.15, 0.2) is 0 Å². The van der Waals surface area contributed by atoms with Crippen molar-refractivity contribution in [2.45, 2.75) is 33.1 Å². The van der Waals surface area contributed by atoms with Crippen LogP contribution in [0.5, 0.6) is 0 Å². The molecule has 1 amide bonds. The van der Waals surface area contributed by atoms with Crippen molar-refractivity contribution in [1.29, 1.82) is 0 Å². The molecule has 1 aromatic heterocycles. The first kappa shape index (κ1) is 13.8. The van der Waals surface area contributed by atoms with Gasteiger partial charge in [-0.05, 0) is 58.7 Å². The van der Waals surface area contributed by atoms with Gasteiger partial charge >= 0.3 is 0 Å². The Morgan fingerprint density at radius 3 is 2.80 bits per heavy atom. The van der Waals surface area contributed by atoms with Crippen molar-refractivity contribution in [3.8, 4) is 0 Å². The van der Waals surface area contributed by atoms with E-state index < -0.39 is 0 Å². The lowest BCUT2D eigenvalue weighted by Crippen LogP contribution is -2.37. The number of anilines is 1. The van der Waals surface area contributed by atoms with Crippen LogP contribution in [0.1, 0.15) is 33.1 Å². The number of carbonyl (C=O) groups is 1. The summed E-state index contributed by atoms with van der Waals surface area (Å²) in [6.07, 6.45) is 4.66. The Morgan fingerprint density at radius 2 is 2.25 bits per heavy atom. The van der Waals surface area contributed by atoms with E-state index >= 15 is 0 Å². The maximum Gasteiger partial charge on any atom is 0.235 e. The fraction of sp³-hybridized carbons (Fsp3) is 0.500. The average Bonchev–Trinajstić information content (AvgIpc) is 2.93. The van der Waals surface area contributed by atoms with E-state index in [0.717, 1.165) is 29.3 Å². The predicted molar refractivity (Wildman–Crippen MR) is 83.3 cm³/mol. The first-order valence-corrected chi connectivity index (χ1v) is 7.78. The van der Waals surface area contributed by atoms with Gasteiger partial charge in [0.1, 0.15) is 5.82 Å². The van der Waals surface area contributed by atoms with Gasteiger partial charge in [0.25, 0.3) is 0 Å². The molecule has 0 spiro atoms. The van der Waals surface area contributed by atoms with Crippen LogP contribution in [-0.2, 0) is 4.79 Å². The van der Waals surface area contributed by atoms with Crippen LogP contribution in [0.15, 0.2) is 35.0 Å². The highest BCUT2D eigenvalue weighted by Crippen LogP contribution is 2.65. The standard InChI is InChI=1S/C16H19BrN2O/c1-10-15(2,3)11-6-7-16(10,8-11)14(20)19-13-5-4-12(17)9-18-13/h4-5,9,11H,1,6-8H2,2-3H3,(H,18,19,20)/t11-,16-/m0/s1. The summed E-state index contributed by atoms with van der Waals surface area (Å²) >= 11 is 3.34. The van der Waals surface area contributed by atoms with Gasteiger partial charge in [0.05, 0.1) is 5.41 Å². The second kappa shape index (κ2) is 4.42. The molecule has 2 atom stereocenters. The second-order valence-electron chi connectivity index (χ2n) is 6.54. The molecule has 2 aliphatic rings. The number of rotatable bonds is 2. The van der Waals surface area contributed by atoms with Crippen LogP contribution in [0.25, 0.3) is 0 Å². The van der Waals surface area contributed by atoms with Crippen molar-refractivity contribution in [2.24, 2.45) is 16.7 Å². The number of carbonyl (C=O) groups excluding carboxylic acids is 1. The highest BCUT2D eigenvalue weighted by molar-refractivity contribution is 9.10. The molecule has 3 nitrogen and oxygen atoms in total. The van der Waals surface area contributed by atoms with E-state index in [0.29, 0.717) is 11.7 Å². The molecule has 20 heavy (non-hydrogen) atoms. The van der Waals surface area contributed by atoms with Gasteiger partial charge in [-0.3, -0.25) is 4.79 Å². The molecule has 106 valence electrons. The number of nitrogens with zero attached hydrogens (tertiary/aromatic N) is 1. The number of pyridine rings is 1. The van der Waals surface area contributed by atoms with Crippen molar-refractivity contribution in [2.75, 3.05) is 5.32 Å². The lowest BCUT2D eigenvalue weighted by atomic mass is 9.68. The predicted octanol–water partition coefficient (Wildman–Crippen LogP) is 4.17. The molecule has 4 heteroatoms. The monoisotopic (exact) mass is 334 g/mol. The number of hydrogen-bond donors (Lipinski definition) is 1. The number of amides is 1. The van der Waals surface area contributed by atoms with Gasteiger partial charge in [-0.2, -0.15) is 0 Å². The van der Waals surface area contributed by atoms with Gasteiger partial charge in [0, 0.05) is 10.7 Å². The van der Waals surface area contributed by atoms with Crippen LogP contribution in [0.3, 0.4) is 0 Å². The Bertz CT molecular complexity index is 579. The molecule has 3 rings (SSSR count). The first-order chi connectivity index (χ1) is 9.36. The zero-order valence-electron chi connectivity index (χ0n) is 11.9. The van der Waals surface area contributed by atoms with Gasteiger partial charge in [0.2, 0.25) is 5.91 Å². The van der Waals surface area contributed by atoms with E-state index in [2.05, 4.69) is 46.7 Å². The smallest absolute Gasteiger partial charge is 0.235 e. The second-order valence-corrected chi connectivity index (χ2v) is 7.45. The third-order valence-electron chi connectivity index (χ3n) is 5.29. The minimum Gasteiger partial charge on any atom is -0.310 e. The highest BCUT2D eigenvalue weighted by Gasteiger charge is 2.60. The van der Waals surface area contributed by atoms with E-state index in [4.69, 9.17) is 0 Å². The maximum absolute atomic E-state index is 12.8. The zero-order valence-corrected chi connectivity index (χ0v) is 13.5. The molecular weight excluding hydrogens is 316 g/mol. The Morgan fingerprint density at radius 1 is 1.50 bits per heavy atom. The third-order valence-corrected chi connectivity index (χ3v) is 5.76. The molecule has 0 radical (unpaired) electrons. The number of hydrogen-bond acceptors (Lipinski definition) is 2. The van der Waals surface area contributed by atoms with E-state index in [-0.39, 0.29) is 16.7 Å². The van der Waals surface area contributed by atoms with Crippen molar-refractivity contribution in [1.82, 2.24) is 4.98 Å². The quantitative estimate of drug-likeness (QED) is 0.825. The fourth-order valence-electron chi connectivity index (χ4n) is 3.83. The van der Waals surface area contributed by atoms with Gasteiger partial charge in [-0.25, -0.2) is 4.98 Å². The SMILES string of the molecule is C=C1C(C)(C)[C@H]2CC[C@]1(C(=O)Nc1ccc(Br)cn1)C2. The molecule has 0 saturated heterocycles. The lowest BCUT2D eigenvalue weighted by molar-refractivity contribution is -0.123. The normalized spacial score (nSPS) is 30.6. The van der Waals surface area contributed by atoms with Crippen LogP contribution in [0, 0.1) is 16.7 Å². The van der Waals surface area contributed by atoms with E-state index in [1.807, 2.05) is 12.1 Å². The van der Waals surface area contributed by atoms with Crippen molar-refractivity contribution in [3.63, 3.8) is 0 Å². The first-order valence-electron chi connectivity index (χ1n) is 6.99. The third kappa shape index (κ3) is 1.85. The Balaban J connectivity index is 1.84. The van der Waals surface area contributed by atoms with Gasteiger partial charge < -0.3 is 5.32 Å². The molecule has 2 bridgehead atoms. The Labute approximate surface area is 128 Å². The topological polar surface area (TPSA) is 42.0 Å². The lowest BCUT2D eigenvalue weighted by Gasteiger charge is -2.37. The summed E-state index contributed by atoms with van der Waals surface area (Å²) in [6.45, 7) is 8.68. The van der Waals surface area contributed by atoms with E-state index in [1.54, 1.807) is 6.20 Å². The molecular formula is C16H19BrN2O. The number of fused-ring (bicyclic) bond motifs is 2. The summed E-state index contributed by atoms with van der Waals surface area (Å²) in [7, 11) is 0. The van der Waals surface area contributed by atoms with Crippen LogP contribution < -0.4 is 5.32 Å². The Kier molecular flexibility index (Phi) is 3.05. The van der Waals surface area contributed by atoms with Crippen molar-refractivity contribution < 1.29 is 4.79 Å². The van der Waals surface area contributed by atoms with Crippen LogP contribution in [0.4, 0.5) is 5.82 Å². The molecule has 2 fully saturated rings.